The fraction of sp³-hybridized carbons (Fsp3) is 0.176. The van der Waals surface area contributed by atoms with Gasteiger partial charge in [-0.15, -0.1) is 11.3 Å². The van der Waals surface area contributed by atoms with Crippen molar-refractivity contribution < 1.29 is 9.53 Å². The smallest absolute Gasteiger partial charge is 0.323 e. The molecular formula is C17H18N4O2S. The van der Waals surface area contributed by atoms with Crippen LogP contribution in [0.2, 0.25) is 0 Å². The van der Waals surface area contributed by atoms with Crippen LogP contribution in [0.1, 0.15) is 12.6 Å². The van der Waals surface area contributed by atoms with E-state index in [1.54, 1.807) is 30.6 Å². The number of carbonyl (C=O) groups excluding carboxylic acids is 1. The number of rotatable bonds is 5. The monoisotopic (exact) mass is 342 g/mol. The van der Waals surface area contributed by atoms with Gasteiger partial charge in [-0.1, -0.05) is 19.1 Å². The van der Waals surface area contributed by atoms with Crippen LogP contribution >= 0.6 is 11.3 Å². The van der Waals surface area contributed by atoms with Gasteiger partial charge in [0.1, 0.15) is 11.4 Å². The Bertz CT molecular complexity index is 827. The third-order valence-electron chi connectivity index (χ3n) is 3.52. The van der Waals surface area contributed by atoms with Crippen LogP contribution in [0, 0.1) is 0 Å². The van der Waals surface area contributed by atoms with Gasteiger partial charge in [0.15, 0.2) is 0 Å². The number of anilines is 2. The third-order valence-corrected chi connectivity index (χ3v) is 4.39. The maximum absolute atomic E-state index is 12.4. The number of aromatic nitrogens is 2. The maximum atomic E-state index is 12.4. The molecule has 2 heterocycles. The number of nitrogens with one attached hydrogen (secondary N) is 3. The van der Waals surface area contributed by atoms with Crippen LogP contribution in [0.5, 0.6) is 5.75 Å². The highest BCUT2D eigenvalue weighted by Gasteiger charge is 2.17. The SMILES string of the molecule is CCc1[nH]nc(-c2cccs2)c1NC(=O)Nc1cccc(OC)c1. The molecule has 0 spiro atoms. The number of carbonyl (C=O) groups is 1. The van der Waals surface area contributed by atoms with Crippen molar-refractivity contribution in [2.75, 3.05) is 17.7 Å². The van der Waals surface area contributed by atoms with Crippen molar-refractivity contribution in [2.24, 2.45) is 0 Å². The average Bonchev–Trinajstić information content (AvgIpc) is 3.24. The fourth-order valence-corrected chi connectivity index (χ4v) is 3.06. The van der Waals surface area contributed by atoms with Gasteiger partial charge in [0.2, 0.25) is 0 Å². The second-order valence-corrected chi connectivity index (χ2v) is 6.02. The van der Waals surface area contributed by atoms with Crippen LogP contribution in [0.15, 0.2) is 41.8 Å². The van der Waals surface area contributed by atoms with Crippen molar-refractivity contribution >= 4 is 28.7 Å². The van der Waals surface area contributed by atoms with E-state index in [1.165, 1.54) is 0 Å². The number of aromatic amines is 1. The molecule has 124 valence electrons. The molecule has 2 amide bonds. The molecule has 6 nitrogen and oxygen atoms in total. The molecule has 0 bridgehead atoms. The quantitative estimate of drug-likeness (QED) is 0.645. The summed E-state index contributed by atoms with van der Waals surface area (Å²) in [6.07, 6.45) is 0.743. The lowest BCUT2D eigenvalue weighted by molar-refractivity contribution is 0.262. The summed E-state index contributed by atoms with van der Waals surface area (Å²) in [6.45, 7) is 2.01. The van der Waals surface area contributed by atoms with Crippen LogP contribution in [-0.4, -0.2) is 23.3 Å². The lowest BCUT2D eigenvalue weighted by Crippen LogP contribution is -2.20. The van der Waals surface area contributed by atoms with Gasteiger partial charge in [0.05, 0.1) is 23.4 Å². The molecule has 0 unspecified atom stereocenters. The summed E-state index contributed by atoms with van der Waals surface area (Å²) >= 11 is 1.58. The maximum Gasteiger partial charge on any atom is 0.323 e. The average molecular weight is 342 g/mol. The van der Waals surface area contributed by atoms with Crippen molar-refractivity contribution in [3.63, 3.8) is 0 Å². The molecule has 7 heteroatoms. The van der Waals surface area contributed by atoms with Crippen LogP contribution < -0.4 is 15.4 Å². The van der Waals surface area contributed by atoms with Gasteiger partial charge in [0.25, 0.3) is 0 Å². The highest BCUT2D eigenvalue weighted by Crippen LogP contribution is 2.32. The zero-order valence-corrected chi connectivity index (χ0v) is 14.2. The van der Waals surface area contributed by atoms with Crippen LogP contribution in [-0.2, 0) is 6.42 Å². The van der Waals surface area contributed by atoms with Gasteiger partial charge in [-0.3, -0.25) is 5.10 Å². The summed E-state index contributed by atoms with van der Waals surface area (Å²) in [4.78, 5) is 13.4. The van der Waals surface area contributed by atoms with Crippen molar-refractivity contribution in [1.29, 1.82) is 0 Å². The van der Waals surface area contributed by atoms with Gasteiger partial charge >= 0.3 is 6.03 Å². The molecule has 1 aromatic carbocycles. The first-order valence-corrected chi connectivity index (χ1v) is 8.42. The number of ether oxygens (including phenoxy) is 1. The first kappa shape index (κ1) is 16.1. The highest BCUT2D eigenvalue weighted by molar-refractivity contribution is 7.13. The largest absolute Gasteiger partial charge is 0.497 e. The topological polar surface area (TPSA) is 79.0 Å². The summed E-state index contributed by atoms with van der Waals surface area (Å²) in [7, 11) is 1.59. The Morgan fingerprint density at radius 2 is 2.17 bits per heavy atom. The van der Waals surface area contributed by atoms with Crippen molar-refractivity contribution in [3.8, 4) is 16.3 Å². The number of aryl methyl sites for hydroxylation is 1. The minimum atomic E-state index is -0.322. The molecule has 0 atom stereocenters. The molecule has 2 aromatic heterocycles. The summed E-state index contributed by atoms with van der Waals surface area (Å²) in [5.74, 6) is 0.685. The number of benzene rings is 1. The minimum Gasteiger partial charge on any atom is -0.497 e. The van der Waals surface area contributed by atoms with E-state index < -0.39 is 0 Å². The zero-order valence-electron chi connectivity index (χ0n) is 13.4. The molecule has 0 radical (unpaired) electrons. The highest BCUT2D eigenvalue weighted by atomic mass is 32.1. The van der Waals surface area contributed by atoms with E-state index >= 15 is 0 Å². The molecule has 24 heavy (non-hydrogen) atoms. The zero-order chi connectivity index (χ0) is 16.9. The van der Waals surface area contributed by atoms with E-state index in [0.29, 0.717) is 17.1 Å². The van der Waals surface area contributed by atoms with Crippen LogP contribution in [0.25, 0.3) is 10.6 Å². The molecule has 0 saturated heterocycles. The number of thiophene rings is 1. The summed E-state index contributed by atoms with van der Waals surface area (Å²) in [6, 6.07) is 10.8. The Kier molecular flexibility index (Phi) is 4.81. The van der Waals surface area contributed by atoms with Crippen LogP contribution in [0.3, 0.4) is 0 Å². The normalized spacial score (nSPS) is 10.4. The lowest BCUT2D eigenvalue weighted by Gasteiger charge is -2.10. The molecule has 3 aromatic rings. The number of nitrogens with zero attached hydrogens (tertiary/aromatic N) is 1. The Morgan fingerprint density at radius 1 is 1.29 bits per heavy atom. The Balaban J connectivity index is 1.80. The van der Waals surface area contributed by atoms with Gasteiger partial charge in [-0.05, 0) is 30.0 Å². The number of hydrogen-bond donors (Lipinski definition) is 3. The van der Waals surface area contributed by atoms with Crippen molar-refractivity contribution in [1.82, 2.24) is 10.2 Å². The van der Waals surface area contributed by atoms with E-state index in [0.717, 1.165) is 22.7 Å². The Hall–Kier alpha value is -2.80. The summed E-state index contributed by atoms with van der Waals surface area (Å²) in [5.41, 5.74) is 3.01. The predicted octanol–water partition coefficient (Wildman–Crippen LogP) is 4.35. The second-order valence-electron chi connectivity index (χ2n) is 5.07. The van der Waals surface area contributed by atoms with Crippen molar-refractivity contribution in [2.45, 2.75) is 13.3 Å². The van der Waals surface area contributed by atoms with E-state index in [4.69, 9.17) is 4.74 Å². The number of urea groups is 1. The van der Waals surface area contributed by atoms with Crippen LogP contribution in [0.4, 0.5) is 16.2 Å². The van der Waals surface area contributed by atoms with Crippen molar-refractivity contribution in [3.05, 3.63) is 47.5 Å². The Labute approximate surface area is 143 Å². The minimum absolute atomic E-state index is 0.322. The molecule has 0 aliphatic heterocycles. The Morgan fingerprint density at radius 3 is 2.88 bits per heavy atom. The van der Waals surface area contributed by atoms with Gasteiger partial charge in [-0.2, -0.15) is 5.10 Å². The number of methoxy groups -OCH3 is 1. The molecule has 0 aliphatic carbocycles. The van der Waals surface area contributed by atoms with E-state index in [1.807, 2.05) is 36.6 Å². The molecule has 0 aliphatic rings. The lowest BCUT2D eigenvalue weighted by atomic mass is 10.2. The molecular weight excluding hydrogens is 324 g/mol. The fourth-order valence-electron chi connectivity index (χ4n) is 2.34. The van der Waals surface area contributed by atoms with Gasteiger partial charge in [-0.25, -0.2) is 4.79 Å². The molecule has 0 fully saturated rings. The van der Waals surface area contributed by atoms with E-state index in [2.05, 4.69) is 20.8 Å². The number of H-pyrrole nitrogens is 1. The van der Waals surface area contributed by atoms with Gasteiger partial charge in [0, 0.05) is 11.8 Å². The number of hydrogen-bond acceptors (Lipinski definition) is 4. The summed E-state index contributed by atoms with van der Waals surface area (Å²) < 4.78 is 5.16. The molecule has 0 saturated carbocycles. The third kappa shape index (κ3) is 3.41. The van der Waals surface area contributed by atoms with E-state index in [-0.39, 0.29) is 6.03 Å². The summed E-state index contributed by atoms with van der Waals surface area (Å²) in [5, 5.41) is 15.0. The molecule has 3 N–H and O–H groups in total. The van der Waals surface area contributed by atoms with E-state index in [9.17, 15) is 4.79 Å². The first-order chi connectivity index (χ1) is 11.7. The first-order valence-electron chi connectivity index (χ1n) is 7.54. The second kappa shape index (κ2) is 7.18. The standard InChI is InChI=1S/C17H18N4O2S/c1-3-13-15(16(21-20-13)14-8-5-9-24-14)19-17(22)18-11-6-4-7-12(10-11)23-2/h4-10H,3H2,1-2H3,(H,20,21)(H2,18,19,22). The molecule has 3 rings (SSSR count). The number of amides is 2. The van der Waals surface area contributed by atoms with Gasteiger partial charge < -0.3 is 15.4 Å². The predicted molar refractivity (Wildman–Crippen MR) is 96.9 cm³/mol.